The number of ether oxygens (including phenoxy) is 2. The Labute approximate surface area is 206 Å². The lowest BCUT2D eigenvalue weighted by atomic mass is 10.1. The monoisotopic (exact) mass is 553 g/mol. The molecule has 1 amide bonds. The molecule has 0 radical (unpaired) electrons. The molecule has 31 heavy (non-hydrogen) atoms. The maximum absolute atomic E-state index is 12.2. The van der Waals surface area contributed by atoms with Crippen molar-refractivity contribution < 1.29 is 14.3 Å². The molecular formula is C22H44IN5O3. The molecule has 182 valence electrons. The molecule has 1 N–H and O–H groups in total. The molecule has 2 saturated heterocycles. The number of carbonyl (C=O) groups is 1. The van der Waals surface area contributed by atoms with Gasteiger partial charge in [-0.05, 0) is 46.0 Å². The molecule has 0 aliphatic carbocycles. The number of hydrogen-bond acceptors (Lipinski definition) is 5. The van der Waals surface area contributed by atoms with Crippen LogP contribution < -0.4 is 5.32 Å². The molecule has 8 nitrogen and oxygen atoms in total. The summed E-state index contributed by atoms with van der Waals surface area (Å²) in [6, 6.07) is 0. The molecule has 2 atom stereocenters. The molecule has 0 aromatic rings. The van der Waals surface area contributed by atoms with Crippen molar-refractivity contribution >= 4 is 36.0 Å². The largest absolute Gasteiger partial charge is 0.444 e. The summed E-state index contributed by atoms with van der Waals surface area (Å²) in [5.74, 6) is 1.93. The number of hydrogen-bond donors (Lipinski definition) is 1. The molecule has 0 saturated carbocycles. The van der Waals surface area contributed by atoms with Crippen LogP contribution in [0.1, 0.15) is 41.0 Å². The molecule has 2 heterocycles. The van der Waals surface area contributed by atoms with E-state index in [0.717, 1.165) is 58.4 Å². The molecule has 2 aliphatic rings. The molecule has 0 aromatic heterocycles. The molecular weight excluding hydrogens is 509 g/mol. The van der Waals surface area contributed by atoms with E-state index in [4.69, 9.17) is 14.5 Å². The van der Waals surface area contributed by atoms with Gasteiger partial charge in [0.25, 0.3) is 0 Å². The first kappa shape index (κ1) is 28.2. The van der Waals surface area contributed by atoms with E-state index >= 15 is 0 Å². The normalized spacial score (nSPS) is 21.4. The van der Waals surface area contributed by atoms with Crippen LogP contribution in [-0.4, -0.2) is 105 Å². The van der Waals surface area contributed by atoms with Gasteiger partial charge in [-0.3, -0.25) is 9.89 Å². The summed E-state index contributed by atoms with van der Waals surface area (Å²) in [4.78, 5) is 23.6. The van der Waals surface area contributed by atoms with E-state index in [2.05, 4.69) is 29.0 Å². The van der Waals surface area contributed by atoms with E-state index in [1.807, 2.05) is 20.8 Å². The average molecular weight is 554 g/mol. The van der Waals surface area contributed by atoms with Crippen LogP contribution in [0.3, 0.4) is 0 Å². The van der Waals surface area contributed by atoms with E-state index in [-0.39, 0.29) is 36.0 Å². The average Bonchev–Trinajstić information content (AvgIpc) is 3.12. The van der Waals surface area contributed by atoms with Crippen LogP contribution in [0.15, 0.2) is 4.99 Å². The fraction of sp³-hybridized carbons (Fsp3) is 0.909. The van der Waals surface area contributed by atoms with Crippen molar-refractivity contribution in [2.45, 2.75) is 46.6 Å². The van der Waals surface area contributed by atoms with Gasteiger partial charge < -0.3 is 24.6 Å². The standard InChI is InChI=1S/C22H43N5O3.HI/c1-7-23-20(24-14-18(2)15-25(6)21(28)30-22(3,4)5)27-9-8-19(17-27)16-26-10-12-29-13-11-26;/h18-19H,7-17H2,1-6H3,(H,23,24);1H. The second-order valence-electron chi connectivity index (χ2n) is 9.67. The highest BCUT2D eigenvalue weighted by atomic mass is 127. The quantitative estimate of drug-likeness (QED) is 0.297. The highest BCUT2D eigenvalue weighted by molar-refractivity contribution is 14.0. The second-order valence-corrected chi connectivity index (χ2v) is 9.67. The van der Waals surface area contributed by atoms with E-state index in [1.165, 1.54) is 6.42 Å². The Morgan fingerprint density at radius 3 is 2.58 bits per heavy atom. The predicted octanol–water partition coefficient (Wildman–Crippen LogP) is 2.73. The van der Waals surface area contributed by atoms with Crippen LogP contribution >= 0.6 is 24.0 Å². The van der Waals surface area contributed by atoms with Crippen molar-refractivity contribution in [3.05, 3.63) is 0 Å². The van der Waals surface area contributed by atoms with Gasteiger partial charge in [-0.25, -0.2) is 4.79 Å². The number of nitrogens with one attached hydrogen (secondary N) is 1. The Morgan fingerprint density at radius 2 is 1.97 bits per heavy atom. The lowest BCUT2D eigenvalue weighted by Gasteiger charge is -2.29. The smallest absolute Gasteiger partial charge is 0.410 e. The molecule has 0 aromatic carbocycles. The van der Waals surface area contributed by atoms with Gasteiger partial charge in [0.05, 0.1) is 13.2 Å². The van der Waals surface area contributed by atoms with Gasteiger partial charge in [-0.15, -0.1) is 24.0 Å². The van der Waals surface area contributed by atoms with Crippen LogP contribution in [0.4, 0.5) is 4.79 Å². The number of guanidine groups is 1. The van der Waals surface area contributed by atoms with Gasteiger partial charge >= 0.3 is 6.09 Å². The number of morpholine rings is 1. The van der Waals surface area contributed by atoms with Crippen LogP contribution in [0, 0.1) is 11.8 Å². The van der Waals surface area contributed by atoms with Crippen molar-refractivity contribution in [1.29, 1.82) is 0 Å². The third-order valence-electron chi connectivity index (χ3n) is 5.38. The molecule has 2 rings (SSSR count). The summed E-state index contributed by atoms with van der Waals surface area (Å²) in [6.07, 6.45) is 0.925. The summed E-state index contributed by atoms with van der Waals surface area (Å²) in [5, 5.41) is 3.45. The molecule has 0 bridgehead atoms. The van der Waals surface area contributed by atoms with E-state index in [9.17, 15) is 4.79 Å². The molecule has 0 spiro atoms. The first-order valence-electron chi connectivity index (χ1n) is 11.5. The number of amides is 1. The van der Waals surface area contributed by atoms with Crippen LogP contribution in [-0.2, 0) is 9.47 Å². The highest BCUT2D eigenvalue weighted by Gasteiger charge is 2.27. The van der Waals surface area contributed by atoms with E-state index in [0.29, 0.717) is 19.0 Å². The minimum atomic E-state index is -0.474. The number of rotatable bonds is 7. The summed E-state index contributed by atoms with van der Waals surface area (Å²) in [7, 11) is 1.79. The van der Waals surface area contributed by atoms with Gasteiger partial charge in [-0.1, -0.05) is 6.92 Å². The zero-order valence-corrected chi connectivity index (χ0v) is 22.7. The zero-order chi connectivity index (χ0) is 22.1. The highest BCUT2D eigenvalue weighted by Crippen LogP contribution is 2.18. The topological polar surface area (TPSA) is 69.6 Å². The van der Waals surface area contributed by atoms with E-state index < -0.39 is 5.60 Å². The molecule has 2 fully saturated rings. The van der Waals surface area contributed by atoms with Crippen molar-refractivity contribution in [1.82, 2.24) is 20.0 Å². The van der Waals surface area contributed by atoms with Gasteiger partial charge in [0, 0.05) is 59.4 Å². The van der Waals surface area contributed by atoms with Crippen molar-refractivity contribution in [2.24, 2.45) is 16.8 Å². The fourth-order valence-corrected chi connectivity index (χ4v) is 3.93. The Bertz CT molecular complexity index is 564. The Hall–Kier alpha value is -0.810. The predicted molar refractivity (Wildman–Crippen MR) is 136 cm³/mol. The van der Waals surface area contributed by atoms with Gasteiger partial charge in [-0.2, -0.15) is 0 Å². The summed E-state index contributed by atoms with van der Waals surface area (Å²) < 4.78 is 10.9. The zero-order valence-electron chi connectivity index (χ0n) is 20.4. The fourth-order valence-electron chi connectivity index (χ4n) is 3.93. The summed E-state index contributed by atoms with van der Waals surface area (Å²) in [6.45, 7) is 19.1. The van der Waals surface area contributed by atoms with Gasteiger partial charge in [0.2, 0.25) is 0 Å². The third-order valence-corrected chi connectivity index (χ3v) is 5.38. The van der Waals surface area contributed by atoms with E-state index in [1.54, 1.807) is 11.9 Å². The van der Waals surface area contributed by atoms with Crippen LogP contribution in [0.5, 0.6) is 0 Å². The summed E-state index contributed by atoms with van der Waals surface area (Å²) >= 11 is 0. The Morgan fingerprint density at radius 1 is 1.29 bits per heavy atom. The molecule has 9 heteroatoms. The van der Waals surface area contributed by atoms with Crippen molar-refractivity contribution in [3.8, 4) is 0 Å². The minimum absolute atomic E-state index is 0. The van der Waals surface area contributed by atoms with Gasteiger partial charge in [0.15, 0.2) is 5.96 Å². The number of carbonyl (C=O) groups excluding carboxylic acids is 1. The number of likely N-dealkylation sites (tertiary alicyclic amines) is 1. The Kier molecular flexibility index (Phi) is 12.4. The third kappa shape index (κ3) is 10.6. The lowest BCUT2D eigenvalue weighted by Crippen LogP contribution is -2.42. The minimum Gasteiger partial charge on any atom is -0.444 e. The Balaban J connectivity index is 0.00000480. The lowest BCUT2D eigenvalue weighted by molar-refractivity contribution is 0.0278. The first-order chi connectivity index (χ1) is 14.2. The van der Waals surface area contributed by atoms with Crippen LogP contribution in [0.25, 0.3) is 0 Å². The number of halogens is 1. The number of nitrogens with zero attached hydrogens (tertiary/aromatic N) is 4. The van der Waals surface area contributed by atoms with Gasteiger partial charge in [0.1, 0.15) is 5.60 Å². The first-order valence-corrected chi connectivity index (χ1v) is 11.5. The molecule has 2 aliphatic heterocycles. The maximum Gasteiger partial charge on any atom is 0.410 e. The second kappa shape index (κ2) is 13.7. The number of aliphatic imine (C=N–C) groups is 1. The SMILES string of the molecule is CCNC(=NCC(C)CN(C)C(=O)OC(C)(C)C)N1CCC(CN2CCOCC2)C1.I. The van der Waals surface area contributed by atoms with Crippen LogP contribution in [0.2, 0.25) is 0 Å². The summed E-state index contributed by atoms with van der Waals surface area (Å²) in [5.41, 5.74) is -0.474. The van der Waals surface area contributed by atoms with Crippen molar-refractivity contribution in [2.75, 3.05) is 72.6 Å². The van der Waals surface area contributed by atoms with Crippen molar-refractivity contribution in [3.63, 3.8) is 0 Å². The molecule has 2 unspecified atom stereocenters. The maximum atomic E-state index is 12.2.